The molecule has 244 valence electrons. The largest absolute Gasteiger partial charge is 0.507 e. The monoisotopic (exact) mass is 681 g/mol. The summed E-state index contributed by atoms with van der Waals surface area (Å²) < 4.78 is 25.6. The minimum atomic E-state index is -0.975. The maximum atomic E-state index is 13.7. The third kappa shape index (κ3) is 7.58. The van der Waals surface area contributed by atoms with Gasteiger partial charge in [0.2, 0.25) is 5.13 Å². The molecular formula is C37H32FN3O5S2. The van der Waals surface area contributed by atoms with Crippen LogP contribution in [0, 0.1) is 5.82 Å². The van der Waals surface area contributed by atoms with Crippen molar-refractivity contribution >= 4 is 45.7 Å². The Morgan fingerprint density at radius 1 is 0.875 bits per heavy atom. The second-order valence-corrected chi connectivity index (χ2v) is 13.2. The van der Waals surface area contributed by atoms with E-state index in [1.807, 2.05) is 30.3 Å². The highest BCUT2D eigenvalue weighted by molar-refractivity contribution is 8.00. The summed E-state index contributed by atoms with van der Waals surface area (Å²) in [4.78, 5) is 28.6. The number of aromatic nitrogens is 2. The van der Waals surface area contributed by atoms with Crippen LogP contribution in [0.25, 0.3) is 5.76 Å². The van der Waals surface area contributed by atoms with E-state index in [1.54, 1.807) is 60.7 Å². The number of ketones is 1. The number of rotatable bonds is 13. The predicted molar refractivity (Wildman–Crippen MR) is 185 cm³/mol. The first-order chi connectivity index (χ1) is 23.4. The van der Waals surface area contributed by atoms with Crippen LogP contribution in [0.4, 0.5) is 9.52 Å². The Balaban J connectivity index is 1.31. The molecule has 1 aromatic heterocycles. The van der Waals surface area contributed by atoms with Gasteiger partial charge in [-0.25, -0.2) is 4.39 Å². The zero-order valence-corrected chi connectivity index (χ0v) is 27.7. The van der Waals surface area contributed by atoms with Crippen LogP contribution < -0.4 is 14.4 Å². The highest BCUT2D eigenvalue weighted by Crippen LogP contribution is 2.44. The molecule has 48 heavy (non-hydrogen) atoms. The molecular weight excluding hydrogens is 650 g/mol. The molecule has 0 radical (unpaired) electrons. The molecule has 8 nitrogen and oxygen atoms in total. The number of unbranched alkanes of at least 4 members (excludes halogenated alkanes) is 1. The van der Waals surface area contributed by atoms with Crippen molar-refractivity contribution in [3.05, 3.63) is 137 Å². The standard InChI is InChI=1S/C37H32FN3O5S2/c1-2-3-21-45-29-19-13-27(14-20-29)33(42)31-32(26-11-17-30(18-12-26)46-22-24-7-5-4-6-8-24)41(35(44)34(31)43)36-39-40-37(48-36)47-23-25-9-15-28(38)16-10-25/h4-20,32,42H,2-3,21-23H2,1H3/b33-31+. The van der Waals surface area contributed by atoms with E-state index in [-0.39, 0.29) is 22.3 Å². The Kier molecular flexibility index (Phi) is 10.5. The summed E-state index contributed by atoms with van der Waals surface area (Å²) in [5.41, 5.74) is 2.80. The van der Waals surface area contributed by atoms with E-state index in [1.165, 1.54) is 28.8 Å². The van der Waals surface area contributed by atoms with Crippen molar-refractivity contribution in [2.24, 2.45) is 0 Å². The topological polar surface area (TPSA) is 102 Å². The van der Waals surface area contributed by atoms with Gasteiger partial charge in [0.25, 0.3) is 5.78 Å². The number of aliphatic hydroxyl groups excluding tert-OH is 1. The second-order valence-electron chi connectivity index (χ2n) is 11.0. The molecule has 2 heterocycles. The minimum Gasteiger partial charge on any atom is -0.507 e. The lowest BCUT2D eigenvalue weighted by Gasteiger charge is -2.22. The SMILES string of the molecule is CCCCOc1ccc(/C(O)=C2\C(=O)C(=O)N(c3nnc(SCc4ccc(F)cc4)s3)C2c2ccc(OCc3ccccc3)cc2)cc1. The lowest BCUT2D eigenvalue weighted by molar-refractivity contribution is -0.132. The lowest BCUT2D eigenvalue weighted by Crippen LogP contribution is -2.29. The van der Waals surface area contributed by atoms with Gasteiger partial charge in [0, 0.05) is 11.3 Å². The molecule has 1 aliphatic rings. The minimum absolute atomic E-state index is 0.0617. The van der Waals surface area contributed by atoms with Crippen LogP contribution in [0.1, 0.15) is 48.1 Å². The molecule has 1 atom stereocenters. The molecule has 1 fully saturated rings. The third-order valence-corrected chi connectivity index (χ3v) is 9.79. The fraction of sp³-hybridized carbons (Fsp3) is 0.189. The summed E-state index contributed by atoms with van der Waals surface area (Å²) in [6.45, 7) is 3.03. The van der Waals surface area contributed by atoms with Gasteiger partial charge in [-0.1, -0.05) is 91.0 Å². The van der Waals surface area contributed by atoms with Crippen molar-refractivity contribution in [1.29, 1.82) is 0 Å². The molecule has 4 aromatic carbocycles. The Hall–Kier alpha value is -5.00. The average Bonchev–Trinajstić information content (AvgIpc) is 3.69. The van der Waals surface area contributed by atoms with E-state index in [4.69, 9.17) is 9.47 Å². The molecule has 1 aliphatic heterocycles. The number of benzene rings is 4. The summed E-state index contributed by atoms with van der Waals surface area (Å²) >= 11 is 2.55. The van der Waals surface area contributed by atoms with E-state index >= 15 is 0 Å². The van der Waals surface area contributed by atoms with Gasteiger partial charge in [0.15, 0.2) is 4.34 Å². The molecule has 0 bridgehead atoms. The maximum Gasteiger partial charge on any atom is 0.301 e. The van der Waals surface area contributed by atoms with Gasteiger partial charge in [-0.05, 0) is 71.6 Å². The van der Waals surface area contributed by atoms with Gasteiger partial charge in [-0.2, -0.15) is 0 Å². The van der Waals surface area contributed by atoms with Crippen LogP contribution in [0.5, 0.6) is 11.5 Å². The van der Waals surface area contributed by atoms with E-state index < -0.39 is 17.7 Å². The lowest BCUT2D eigenvalue weighted by atomic mass is 9.95. The van der Waals surface area contributed by atoms with Crippen LogP contribution in [0.15, 0.2) is 113 Å². The zero-order valence-electron chi connectivity index (χ0n) is 26.0. The zero-order chi connectivity index (χ0) is 33.5. The summed E-state index contributed by atoms with van der Waals surface area (Å²) in [7, 11) is 0. The van der Waals surface area contributed by atoms with Crippen molar-refractivity contribution in [1.82, 2.24) is 10.2 Å². The highest BCUT2D eigenvalue weighted by Gasteiger charge is 2.48. The van der Waals surface area contributed by atoms with Crippen molar-refractivity contribution in [2.75, 3.05) is 11.5 Å². The Morgan fingerprint density at radius 3 is 2.27 bits per heavy atom. The van der Waals surface area contributed by atoms with Crippen molar-refractivity contribution in [2.45, 2.75) is 42.5 Å². The number of ether oxygens (including phenoxy) is 2. The fourth-order valence-corrected chi connectivity index (χ4v) is 6.94. The van der Waals surface area contributed by atoms with Gasteiger partial charge in [0.05, 0.1) is 18.2 Å². The van der Waals surface area contributed by atoms with Gasteiger partial charge in [-0.3, -0.25) is 14.5 Å². The summed E-state index contributed by atoms with van der Waals surface area (Å²) in [5, 5.41) is 20.3. The van der Waals surface area contributed by atoms with Crippen molar-refractivity contribution < 1.29 is 28.6 Å². The summed E-state index contributed by atoms with van der Waals surface area (Å²) in [6.07, 6.45) is 1.92. The number of anilines is 1. The molecule has 1 N–H and O–H groups in total. The van der Waals surface area contributed by atoms with Crippen LogP contribution in [-0.2, 0) is 21.9 Å². The first-order valence-electron chi connectivity index (χ1n) is 15.4. The number of aliphatic hydroxyl groups is 1. The number of nitrogens with zero attached hydrogens (tertiary/aromatic N) is 3. The Bertz CT molecular complexity index is 1900. The van der Waals surface area contributed by atoms with Gasteiger partial charge < -0.3 is 14.6 Å². The number of hydrogen-bond acceptors (Lipinski definition) is 9. The number of carbonyl (C=O) groups excluding carboxylic acids is 2. The first kappa shape index (κ1) is 32.9. The van der Waals surface area contributed by atoms with Crippen LogP contribution in [0.3, 0.4) is 0 Å². The number of hydrogen-bond donors (Lipinski definition) is 1. The maximum absolute atomic E-state index is 13.7. The smallest absolute Gasteiger partial charge is 0.301 e. The fourth-order valence-electron chi connectivity index (χ4n) is 5.12. The van der Waals surface area contributed by atoms with Gasteiger partial charge in [-0.15, -0.1) is 10.2 Å². The Labute approximate surface area is 285 Å². The van der Waals surface area contributed by atoms with E-state index in [9.17, 15) is 19.1 Å². The highest BCUT2D eigenvalue weighted by atomic mass is 32.2. The van der Waals surface area contributed by atoms with Crippen molar-refractivity contribution in [3.8, 4) is 11.5 Å². The van der Waals surface area contributed by atoms with E-state index in [2.05, 4.69) is 17.1 Å². The normalized spacial score (nSPS) is 15.5. The van der Waals surface area contributed by atoms with Crippen LogP contribution in [0.2, 0.25) is 0 Å². The molecule has 1 unspecified atom stereocenters. The molecule has 1 saturated heterocycles. The number of thioether (sulfide) groups is 1. The average molecular weight is 682 g/mol. The molecule has 5 aromatic rings. The summed E-state index contributed by atoms with van der Waals surface area (Å²) in [5.74, 6) is -0.515. The molecule has 1 amide bonds. The molecule has 11 heteroatoms. The van der Waals surface area contributed by atoms with E-state index in [0.717, 1.165) is 35.3 Å². The third-order valence-electron chi connectivity index (χ3n) is 7.66. The first-order valence-corrected chi connectivity index (χ1v) is 17.2. The number of amides is 1. The second kappa shape index (κ2) is 15.3. The van der Waals surface area contributed by atoms with Crippen LogP contribution in [-0.4, -0.2) is 33.6 Å². The van der Waals surface area contributed by atoms with E-state index in [0.29, 0.717) is 45.9 Å². The number of halogens is 1. The quantitative estimate of drug-likeness (QED) is 0.0331. The predicted octanol–water partition coefficient (Wildman–Crippen LogP) is 8.35. The molecule has 6 rings (SSSR count). The Morgan fingerprint density at radius 2 is 1.56 bits per heavy atom. The molecule has 0 aliphatic carbocycles. The molecule has 0 spiro atoms. The van der Waals surface area contributed by atoms with Gasteiger partial charge >= 0.3 is 5.91 Å². The number of carbonyl (C=O) groups is 2. The molecule has 0 saturated carbocycles. The van der Waals surface area contributed by atoms with Crippen LogP contribution >= 0.6 is 23.1 Å². The van der Waals surface area contributed by atoms with Gasteiger partial charge in [0.1, 0.15) is 29.7 Å². The summed E-state index contributed by atoms with van der Waals surface area (Å²) in [6, 6.07) is 28.8. The number of Topliss-reactive ketones (excluding diaryl/α,β-unsaturated/α-hetero) is 1. The van der Waals surface area contributed by atoms with Crippen molar-refractivity contribution in [3.63, 3.8) is 0 Å².